The van der Waals surface area contributed by atoms with Gasteiger partial charge in [0.25, 0.3) is 0 Å². The van der Waals surface area contributed by atoms with Gasteiger partial charge in [-0.15, -0.1) is 0 Å². The van der Waals surface area contributed by atoms with Gasteiger partial charge in [-0.2, -0.15) is 0 Å². The highest BCUT2D eigenvalue weighted by Crippen LogP contribution is 2.29. The normalized spacial score (nSPS) is 11.2. The van der Waals surface area contributed by atoms with E-state index in [0.717, 1.165) is 22.4 Å². The Morgan fingerprint density at radius 2 is 1.82 bits per heavy atom. The molecule has 4 nitrogen and oxygen atoms in total. The topological polar surface area (TPSA) is 43.9 Å². The predicted molar refractivity (Wildman–Crippen MR) is 86.7 cm³/mol. The molecule has 1 aromatic carbocycles. The summed E-state index contributed by atoms with van der Waals surface area (Å²) in [6.07, 6.45) is 1.96. The van der Waals surface area contributed by atoms with Gasteiger partial charge in [0.1, 0.15) is 11.3 Å². The number of halogens is 1. The number of fused-ring (bicyclic) bond motifs is 1. The van der Waals surface area contributed by atoms with Gasteiger partial charge in [-0.05, 0) is 41.9 Å². The van der Waals surface area contributed by atoms with Crippen LogP contribution in [0.2, 0.25) is 5.28 Å². The number of benzene rings is 1. The first-order valence-electron chi connectivity index (χ1n) is 6.86. The van der Waals surface area contributed by atoms with Crippen molar-refractivity contribution in [1.29, 1.82) is 0 Å². The molecular weight excluding hydrogens is 298 g/mol. The van der Waals surface area contributed by atoms with Crippen molar-refractivity contribution in [2.24, 2.45) is 7.05 Å². The standard InChI is InChI=1S/C17H12ClN3O/c1-21-8-4-6-14(21)12-10-13(20-17(18)19-12)16-9-11-5-2-3-7-15(11)22-16/h2-10H,1H3. The lowest BCUT2D eigenvalue weighted by Gasteiger charge is -2.05. The van der Waals surface area contributed by atoms with Crippen LogP contribution in [-0.2, 0) is 7.05 Å². The highest BCUT2D eigenvalue weighted by Gasteiger charge is 2.12. The van der Waals surface area contributed by atoms with Crippen LogP contribution in [0.3, 0.4) is 0 Å². The lowest BCUT2D eigenvalue weighted by molar-refractivity contribution is 0.628. The Kier molecular flexibility index (Phi) is 2.98. The fourth-order valence-electron chi connectivity index (χ4n) is 2.51. The van der Waals surface area contributed by atoms with E-state index < -0.39 is 0 Å². The number of hydrogen-bond acceptors (Lipinski definition) is 3. The van der Waals surface area contributed by atoms with Gasteiger partial charge in [-0.25, -0.2) is 9.97 Å². The molecule has 0 unspecified atom stereocenters. The van der Waals surface area contributed by atoms with Crippen LogP contribution >= 0.6 is 11.6 Å². The first kappa shape index (κ1) is 13.1. The van der Waals surface area contributed by atoms with E-state index in [1.165, 1.54) is 0 Å². The van der Waals surface area contributed by atoms with Crippen LogP contribution in [0.4, 0.5) is 0 Å². The summed E-state index contributed by atoms with van der Waals surface area (Å²) in [5.41, 5.74) is 3.24. The number of rotatable bonds is 2. The van der Waals surface area contributed by atoms with Gasteiger partial charge in [-0.1, -0.05) is 18.2 Å². The van der Waals surface area contributed by atoms with Crippen LogP contribution in [0.1, 0.15) is 0 Å². The van der Waals surface area contributed by atoms with Crippen molar-refractivity contribution >= 4 is 22.6 Å². The van der Waals surface area contributed by atoms with E-state index in [9.17, 15) is 0 Å². The van der Waals surface area contributed by atoms with Gasteiger partial charge < -0.3 is 8.98 Å². The van der Waals surface area contributed by atoms with Gasteiger partial charge in [0.2, 0.25) is 5.28 Å². The minimum Gasteiger partial charge on any atom is -0.454 e. The molecule has 0 saturated heterocycles. The lowest BCUT2D eigenvalue weighted by atomic mass is 10.2. The minimum absolute atomic E-state index is 0.203. The fourth-order valence-corrected chi connectivity index (χ4v) is 2.69. The molecule has 0 saturated carbocycles. The molecule has 0 amide bonds. The lowest BCUT2D eigenvalue weighted by Crippen LogP contribution is -1.95. The van der Waals surface area contributed by atoms with Gasteiger partial charge in [0, 0.05) is 18.6 Å². The van der Waals surface area contributed by atoms with E-state index in [2.05, 4.69) is 9.97 Å². The molecule has 0 fully saturated rings. The van der Waals surface area contributed by atoms with Crippen LogP contribution in [0.25, 0.3) is 33.8 Å². The third kappa shape index (κ3) is 2.18. The molecule has 0 atom stereocenters. The Morgan fingerprint density at radius 1 is 1.00 bits per heavy atom. The zero-order valence-corrected chi connectivity index (χ0v) is 12.6. The molecule has 0 spiro atoms. The minimum atomic E-state index is 0.203. The number of aromatic nitrogens is 3. The van der Waals surface area contributed by atoms with Crippen LogP contribution in [0.5, 0.6) is 0 Å². The molecule has 0 radical (unpaired) electrons. The summed E-state index contributed by atoms with van der Waals surface area (Å²) in [6.45, 7) is 0. The monoisotopic (exact) mass is 309 g/mol. The zero-order valence-electron chi connectivity index (χ0n) is 11.8. The van der Waals surface area contributed by atoms with E-state index in [4.69, 9.17) is 16.0 Å². The summed E-state index contributed by atoms with van der Waals surface area (Å²) in [5.74, 6) is 0.681. The summed E-state index contributed by atoms with van der Waals surface area (Å²) < 4.78 is 7.84. The Balaban J connectivity index is 1.88. The molecule has 22 heavy (non-hydrogen) atoms. The van der Waals surface area contributed by atoms with Crippen molar-refractivity contribution in [1.82, 2.24) is 14.5 Å². The van der Waals surface area contributed by atoms with E-state index in [0.29, 0.717) is 11.5 Å². The fraction of sp³-hybridized carbons (Fsp3) is 0.0588. The van der Waals surface area contributed by atoms with Crippen molar-refractivity contribution in [2.45, 2.75) is 0 Å². The maximum absolute atomic E-state index is 6.09. The van der Waals surface area contributed by atoms with Crippen molar-refractivity contribution in [3.8, 4) is 22.8 Å². The molecule has 0 aliphatic rings. The molecule has 4 aromatic rings. The van der Waals surface area contributed by atoms with Gasteiger partial charge in [-0.3, -0.25) is 0 Å². The Bertz CT molecular complexity index is 938. The summed E-state index contributed by atoms with van der Waals surface area (Å²) >= 11 is 6.09. The second-order valence-corrected chi connectivity index (χ2v) is 5.40. The van der Waals surface area contributed by atoms with Crippen LogP contribution in [0.15, 0.2) is 59.1 Å². The summed E-state index contributed by atoms with van der Waals surface area (Å²) in [5, 5.41) is 1.24. The molecule has 0 N–H and O–H groups in total. The Morgan fingerprint density at radius 3 is 2.59 bits per heavy atom. The van der Waals surface area contributed by atoms with Gasteiger partial charge in [0.15, 0.2) is 5.76 Å². The summed E-state index contributed by atoms with van der Waals surface area (Å²) in [4.78, 5) is 8.60. The van der Waals surface area contributed by atoms with Crippen molar-refractivity contribution in [3.05, 3.63) is 60.0 Å². The SMILES string of the molecule is Cn1cccc1-c1cc(-c2cc3ccccc3o2)nc(Cl)n1. The third-order valence-electron chi connectivity index (χ3n) is 3.58. The number of aryl methyl sites for hydroxylation is 1. The summed E-state index contributed by atoms with van der Waals surface area (Å²) in [6, 6.07) is 15.7. The highest BCUT2D eigenvalue weighted by molar-refractivity contribution is 6.28. The quantitative estimate of drug-likeness (QED) is 0.510. The molecule has 5 heteroatoms. The average molecular weight is 310 g/mol. The number of hydrogen-bond donors (Lipinski definition) is 0. The van der Waals surface area contributed by atoms with Gasteiger partial charge in [0.05, 0.1) is 11.4 Å². The van der Waals surface area contributed by atoms with Crippen LogP contribution in [-0.4, -0.2) is 14.5 Å². The van der Waals surface area contributed by atoms with E-state index in [1.807, 2.05) is 66.3 Å². The first-order valence-corrected chi connectivity index (χ1v) is 7.24. The molecule has 4 rings (SSSR count). The molecule has 0 aliphatic carbocycles. The van der Waals surface area contributed by atoms with Crippen LogP contribution < -0.4 is 0 Å². The first-order chi connectivity index (χ1) is 10.7. The molecule has 3 aromatic heterocycles. The Hall–Kier alpha value is -2.59. The molecule has 108 valence electrons. The van der Waals surface area contributed by atoms with Crippen molar-refractivity contribution < 1.29 is 4.42 Å². The second-order valence-electron chi connectivity index (χ2n) is 5.06. The average Bonchev–Trinajstić information content (AvgIpc) is 3.12. The summed E-state index contributed by atoms with van der Waals surface area (Å²) in [7, 11) is 1.96. The third-order valence-corrected chi connectivity index (χ3v) is 3.75. The Labute approximate surface area is 132 Å². The van der Waals surface area contributed by atoms with Crippen molar-refractivity contribution in [3.63, 3.8) is 0 Å². The molecule has 0 aliphatic heterocycles. The van der Waals surface area contributed by atoms with Crippen LogP contribution in [0, 0.1) is 0 Å². The van der Waals surface area contributed by atoms with Crippen molar-refractivity contribution in [2.75, 3.05) is 0 Å². The van der Waals surface area contributed by atoms with E-state index in [1.54, 1.807) is 0 Å². The predicted octanol–water partition coefficient (Wildman–Crippen LogP) is 4.55. The number of furan rings is 1. The zero-order chi connectivity index (χ0) is 15.1. The van der Waals surface area contributed by atoms with E-state index in [-0.39, 0.29) is 5.28 Å². The second kappa shape index (κ2) is 5.00. The maximum Gasteiger partial charge on any atom is 0.223 e. The highest BCUT2D eigenvalue weighted by atomic mass is 35.5. The largest absolute Gasteiger partial charge is 0.454 e. The van der Waals surface area contributed by atoms with Gasteiger partial charge >= 0.3 is 0 Å². The van der Waals surface area contributed by atoms with E-state index >= 15 is 0 Å². The molecule has 3 heterocycles. The maximum atomic E-state index is 6.09. The molecule has 0 bridgehead atoms. The smallest absolute Gasteiger partial charge is 0.223 e. The number of nitrogens with zero attached hydrogens (tertiary/aromatic N) is 3. The molecular formula is C17H12ClN3O. The number of para-hydroxylation sites is 1.